The molecule has 0 radical (unpaired) electrons. The summed E-state index contributed by atoms with van der Waals surface area (Å²) in [6, 6.07) is 16.1. The molecule has 2 atom stereocenters. The SMILES string of the molecule is COc1ccc([C@H]2O[C@@H](c3ccc4c(c3)OCO4)C(C#N)(C#N)O2)cc1. The van der Waals surface area contributed by atoms with Crippen LogP contribution in [0.2, 0.25) is 0 Å². The Labute approximate surface area is 149 Å². The summed E-state index contributed by atoms with van der Waals surface area (Å²) in [5.74, 6) is 1.84. The molecule has 0 aliphatic carbocycles. The number of nitriles is 2. The van der Waals surface area contributed by atoms with Crippen molar-refractivity contribution >= 4 is 0 Å². The Bertz CT molecular complexity index is 899. The third kappa shape index (κ3) is 2.51. The number of ether oxygens (including phenoxy) is 5. The molecule has 2 aliphatic rings. The Morgan fingerprint density at radius 2 is 1.69 bits per heavy atom. The predicted molar refractivity (Wildman–Crippen MR) is 87.2 cm³/mol. The Balaban J connectivity index is 1.69. The average Bonchev–Trinajstić information content (AvgIpc) is 3.32. The summed E-state index contributed by atoms with van der Waals surface area (Å²) in [6.07, 6.45) is -1.74. The molecule has 0 saturated carbocycles. The van der Waals surface area contributed by atoms with E-state index in [0.29, 0.717) is 28.4 Å². The second-order valence-electron chi connectivity index (χ2n) is 5.81. The highest BCUT2D eigenvalue weighted by Crippen LogP contribution is 2.48. The molecule has 0 aromatic heterocycles. The molecule has 1 fully saturated rings. The first-order chi connectivity index (χ1) is 12.7. The topological polar surface area (TPSA) is 93.7 Å². The second kappa shape index (κ2) is 6.23. The zero-order valence-corrected chi connectivity index (χ0v) is 13.8. The molecule has 2 aromatic rings. The van der Waals surface area contributed by atoms with Gasteiger partial charge < -0.3 is 23.7 Å². The first kappa shape index (κ1) is 16.2. The van der Waals surface area contributed by atoms with Crippen LogP contribution in [0.15, 0.2) is 42.5 Å². The van der Waals surface area contributed by atoms with Gasteiger partial charge in [-0.1, -0.05) is 18.2 Å². The van der Waals surface area contributed by atoms with Gasteiger partial charge in [-0.3, -0.25) is 0 Å². The van der Waals surface area contributed by atoms with Crippen LogP contribution in [0.4, 0.5) is 0 Å². The molecule has 4 rings (SSSR count). The van der Waals surface area contributed by atoms with Crippen LogP contribution in [0.1, 0.15) is 23.5 Å². The number of nitrogens with zero attached hydrogens (tertiary/aromatic N) is 2. The van der Waals surface area contributed by atoms with E-state index >= 15 is 0 Å². The quantitative estimate of drug-likeness (QED) is 0.840. The fourth-order valence-electron chi connectivity index (χ4n) is 2.97. The summed E-state index contributed by atoms with van der Waals surface area (Å²) in [4.78, 5) is 0. The molecular weight excluding hydrogens is 336 g/mol. The highest BCUT2D eigenvalue weighted by atomic mass is 16.7. The molecular formula is C19H14N2O5. The molecule has 0 amide bonds. The molecule has 7 heteroatoms. The van der Waals surface area contributed by atoms with Crippen LogP contribution in [-0.4, -0.2) is 19.5 Å². The van der Waals surface area contributed by atoms with Gasteiger partial charge in [-0.2, -0.15) is 10.5 Å². The Morgan fingerprint density at radius 3 is 2.38 bits per heavy atom. The molecule has 0 bridgehead atoms. The van der Waals surface area contributed by atoms with Crippen LogP contribution in [0, 0.1) is 22.7 Å². The summed E-state index contributed by atoms with van der Waals surface area (Å²) < 4.78 is 27.5. The predicted octanol–water partition coefficient (Wildman–Crippen LogP) is 3.00. The van der Waals surface area contributed by atoms with Gasteiger partial charge in [0.05, 0.1) is 7.11 Å². The molecule has 26 heavy (non-hydrogen) atoms. The molecule has 0 unspecified atom stereocenters. The van der Waals surface area contributed by atoms with E-state index in [9.17, 15) is 10.5 Å². The van der Waals surface area contributed by atoms with Crippen LogP contribution >= 0.6 is 0 Å². The number of fused-ring (bicyclic) bond motifs is 1. The van der Waals surface area contributed by atoms with E-state index in [4.69, 9.17) is 23.7 Å². The normalized spacial score (nSPS) is 22.4. The van der Waals surface area contributed by atoms with E-state index in [-0.39, 0.29) is 6.79 Å². The van der Waals surface area contributed by atoms with E-state index in [1.165, 1.54) is 0 Å². The zero-order chi connectivity index (χ0) is 18.1. The van der Waals surface area contributed by atoms with Gasteiger partial charge in [0.25, 0.3) is 5.60 Å². The van der Waals surface area contributed by atoms with Crippen molar-refractivity contribution in [2.45, 2.75) is 18.0 Å². The summed E-state index contributed by atoms with van der Waals surface area (Å²) in [6.45, 7) is 0.136. The lowest BCUT2D eigenvalue weighted by atomic mass is 9.93. The van der Waals surface area contributed by atoms with E-state index in [0.717, 1.165) is 0 Å². The third-order valence-corrected chi connectivity index (χ3v) is 4.34. The Morgan fingerprint density at radius 1 is 1.00 bits per heavy atom. The molecule has 7 nitrogen and oxygen atoms in total. The van der Waals surface area contributed by atoms with Crippen LogP contribution < -0.4 is 14.2 Å². The largest absolute Gasteiger partial charge is 0.497 e. The first-order valence-corrected chi connectivity index (χ1v) is 7.88. The standard InChI is InChI=1S/C19H14N2O5/c1-22-14-5-2-12(3-6-14)18-25-17(19(9-20,10-21)26-18)13-4-7-15-16(8-13)24-11-23-15/h2-8,17-18H,11H2,1H3/t17-,18-/m0/s1. The smallest absolute Gasteiger partial charge is 0.274 e. The lowest BCUT2D eigenvalue weighted by Gasteiger charge is -2.18. The lowest BCUT2D eigenvalue weighted by molar-refractivity contribution is -0.0718. The minimum atomic E-state index is -1.77. The minimum Gasteiger partial charge on any atom is -0.497 e. The van der Waals surface area contributed by atoms with Crippen LogP contribution in [0.25, 0.3) is 0 Å². The van der Waals surface area contributed by atoms with Gasteiger partial charge in [-0.05, 0) is 29.8 Å². The van der Waals surface area contributed by atoms with Gasteiger partial charge in [-0.25, -0.2) is 0 Å². The Hall–Kier alpha value is -3.26. The van der Waals surface area contributed by atoms with E-state index in [1.807, 2.05) is 12.1 Å². The maximum atomic E-state index is 9.64. The second-order valence-corrected chi connectivity index (χ2v) is 5.81. The Kier molecular flexibility index (Phi) is 3.89. The van der Waals surface area contributed by atoms with Crippen molar-refractivity contribution in [1.29, 1.82) is 10.5 Å². The summed E-state index contributed by atoms with van der Waals surface area (Å²) in [7, 11) is 1.57. The maximum absolute atomic E-state index is 9.64. The monoisotopic (exact) mass is 350 g/mol. The number of rotatable bonds is 3. The molecule has 0 spiro atoms. The van der Waals surface area contributed by atoms with Gasteiger partial charge in [0.15, 0.2) is 17.8 Å². The first-order valence-electron chi connectivity index (χ1n) is 7.88. The van der Waals surface area contributed by atoms with Crippen molar-refractivity contribution in [3.63, 3.8) is 0 Å². The fraction of sp³-hybridized carbons (Fsp3) is 0.263. The van der Waals surface area contributed by atoms with Crippen LogP contribution in [0.5, 0.6) is 17.2 Å². The van der Waals surface area contributed by atoms with Crippen molar-refractivity contribution in [2.24, 2.45) is 0 Å². The number of hydrogen-bond acceptors (Lipinski definition) is 7. The molecule has 2 aliphatic heterocycles. The summed E-state index contributed by atoms with van der Waals surface area (Å²) in [5, 5.41) is 19.3. The van der Waals surface area contributed by atoms with Gasteiger partial charge in [0.2, 0.25) is 6.79 Å². The maximum Gasteiger partial charge on any atom is 0.274 e. The number of hydrogen-bond donors (Lipinski definition) is 0. The summed E-state index contributed by atoms with van der Waals surface area (Å²) >= 11 is 0. The molecule has 0 N–H and O–H groups in total. The molecule has 1 saturated heterocycles. The van der Waals surface area contributed by atoms with Gasteiger partial charge in [0, 0.05) is 5.56 Å². The fourth-order valence-corrected chi connectivity index (χ4v) is 2.97. The van der Waals surface area contributed by atoms with E-state index in [1.54, 1.807) is 49.6 Å². The number of benzene rings is 2. The van der Waals surface area contributed by atoms with Crippen LogP contribution in [-0.2, 0) is 9.47 Å². The third-order valence-electron chi connectivity index (χ3n) is 4.34. The minimum absolute atomic E-state index is 0.136. The molecule has 2 heterocycles. The average molecular weight is 350 g/mol. The highest BCUT2D eigenvalue weighted by molar-refractivity contribution is 5.47. The van der Waals surface area contributed by atoms with Crippen molar-refractivity contribution < 1.29 is 23.7 Å². The lowest BCUT2D eigenvalue weighted by Crippen LogP contribution is -2.30. The number of methoxy groups -OCH3 is 1. The van der Waals surface area contributed by atoms with Crippen LogP contribution in [0.3, 0.4) is 0 Å². The van der Waals surface area contributed by atoms with Gasteiger partial charge in [0.1, 0.15) is 24.0 Å². The molecule has 2 aromatic carbocycles. The summed E-state index contributed by atoms with van der Waals surface area (Å²) in [5.41, 5.74) is -0.476. The molecule has 130 valence electrons. The van der Waals surface area contributed by atoms with E-state index < -0.39 is 18.0 Å². The van der Waals surface area contributed by atoms with Crippen molar-refractivity contribution in [2.75, 3.05) is 13.9 Å². The van der Waals surface area contributed by atoms with E-state index in [2.05, 4.69) is 0 Å². The van der Waals surface area contributed by atoms with Crippen molar-refractivity contribution in [3.05, 3.63) is 53.6 Å². The highest BCUT2D eigenvalue weighted by Gasteiger charge is 2.53. The van der Waals surface area contributed by atoms with Gasteiger partial charge >= 0.3 is 0 Å². The van der Waals surface area contributed by atoms with Crippen molar-refractivity contribution in [3.8, 4) is 29.4 Å². The van der Waals surface area contributed by atoms with Crippen molar-refractivity contribution in [1.82, 2.24) is 0 Å². The zero-order valence-electron chi connectivity index (χ0n) is 13.8. The van der Waals surface area contributed by atoms with Gasteiger partial charge in [-0.15, -0.1) is 0 Å².